The average molecular weight is 541 g/mol. The third-order valence-electron chi connectivity index (χ3n) is 5.35. The van der Waals surface area contributed by atoms with Crippen molar-refractivity contribution in [1.29, 1.82) is 0 Å². The number of rotatable bonds is 5. The van der Waals surface area contributed by atoms with Crippen LogP contribution in [0, 0.1) is 0 Å². The number of carbonyl (C=O) groups is 1. The van der Waals surface area contributed by atoms with Crippen molar-refractivity contribution in [3.63, 3.8) is 0 Å². The van der Waals surface area contributed by atoms with Crippen molar-refractivity contribution in [2.24, 2.45) is 0 Å². The molecule has 0 bridgehead atoms. The number of halogens is 4. The lowest BCUT2D eigenvalue weighted by Crippen LogP contribution is -2.38. The number of ether oxygens (including phenoxy) is 1. The Bertz CT molecular complexity index is 1190. The van der Waals surface area contributed by atoms with Crippen molar-refractivity contribution in [3.05, 3.63) is 34.6 Å². The van der Waals surface area contributed by atoms with Crippen LogP contribution in [0.5, 0.6) is 0 Å². The van der Waals surface area contributed by atoms with E-state index in [-0.39, 0.29) is 29.4 Å². The predicted octanol–water partition coefficient (Wildman–Crippen LogP) is 5.53. The summed E-state index contributed by atoms with van der Waals surface area (Å²) >= 11 is 3.42. The summed E-state index contributed by atoms with van der Waals surface area (Å²) in [5.41, 5.74) is 0.0328. The smallest absolute Gasteiger partial charge is 0.419 e. The van der Waals surface area contributed by atoms with Gasteiger partial charge in [-0.25, -0.2) is 14.8 Å². The first-order chi connectivity index (χ1) is 16.1. The molecule has 1 atom stereocenters. The molecule has 1 aromatic carbocycles. The van der Waals surface area contributed by atoms with Crippen molar-refractivity contribution in [2.75, 3.05) is 23.7 Å². The van der Waals surface area contributed by atoms with Crippen molar-refractivity contribution < 1.29 is 22.7 Å². The standard InChI is InChI=1S/C22H24BrF3N6O2/c1-11(2)34-21(33)31-16-6-5-13-14(9-28-19(13)17(16)23)18-15(22(24,25)26)10-29-20(32-18)30-12-4-3-7-27-8-12/h5-6,9-12,27-28H,3-4,7-8H2,1-2H3,(H,31,33)(H,29,30,32)/t12-/m0/s1. The summed E-state index contributed by atoms with van der Waals surface area (Å²) in [6, 6.07) is 3.25. The number of aromatic amines is 1. The Labute approximate surface area is 202 Å². The maximum atomic E-state index is 13.8. The summed E-state index contributed by atoms with van der Waals surface area (Å²) in [6.07, 6.45) is -1.45. The summed E-state index contributed by atoms with van der Waals surface area (Å²) in [6.45, 7) is 5.05. The van der Waals surface area contributed by atoms with Crippen LogP contribution in [-0.4, -0.2) is 46.3 Å². The molecule has 3 heterocycles. The molecular weight excluding hydrogens is 517 g/mol. The SMILES string of the molecule is CC(C)OC(=O)Nc1ccc2c(-c3nc(N[C@H]4CCCNC4)ncc3C(F)(F)F)c[nH]c2c1Br. The van der Waals surface area contributed by atoms with Crippen LogP contribution in [0.3, 0.4) is 0 Å². The van der Waals surface area contributed by atoms with E-state index in [1.807, 2.05) is 0 Å². The van der Waals surface area contributed by atoms with E-state index in [0.717, 1.165) is 25.6 Å². The van der Waals surface area contributed by atoms with Crippen LogP contribution in [0.2, 0.25) is 0 Å². The van der Waals surface area contributed by atoms with Gasteiger partial charge in [-0.2, -0.15) is 13.2 Å². The minimum Gasteiger partial charge on any atom is -0.447 e. The molecule has 12 heteroatoms. The molecule has 1 fully saturated rings. The minimum absolute atomic E-state index is 0.0367. The van der Waals surface area contributed by atoms with Gasteiger partial charge in [-0.1, -0.05) is 6.07 Å². The topological polar surface area (TPSA) is 104 Å². The second-order valence-electron chi connectivity index (χ2n) is 8.27. The van der Waals surface area contributed by atoms with E-state index in [2.05, 4.69) is 46.8 Å². The Morgan fingerprint density at radius 3 is 2.79 bits per heavy atom. The molecule has 0 radical (unpaired) electrons. The summed E-state index contributed by atoms with van der Waals surface area (Å²) in [5.74, 6) is 0.139. The monoisotopic (exact) mass is 540 g/mol. The molecule has 0 spiro atoms. The van der Waals surface area contributed by atoms with E-state index in [9.17, 15) is 18.0 Å². The van der Waals surface area contributed by atoms with Gasteiger partial charge in [0.25, 0.3) is 0 Å². The van der Waals surface area contributed by atoms with E-state index < -0.39 is 17.8 Å². The molecule has 0 unspecified atom stereocenters. The summed E-state index contributed by atoms with van der Waals surface area (Å²) < 4.78 is 47.1. The number of nitrogens with one attached hydrogen (secondary N) is 4. The first kappa shape index (κ1) is 24.3. The fourth-order valence-corrected chi connectivity index (χ4v) is 4.39. The number of H-pyrrole nitrogens is 1. The van der Waals surface area contributed by atoms with Gasteiger partial charge in [0.2, 0.25) is 5.95 Å². The second-order valence-corrected chi connectivity index (χ2v) is 9.07. The molecular formula is C22H24BrF3N6O2. The maximum absolute atomic E-state index is 13.8. The zero-order valence-corrected chi connectivity index (χ0v) is 20.1. The van der Waals surface area contributed by atoms with E-state index in [4.69, 9.17) is 4.74 Å². The molecule has 8 nitrogen and oxygen atoms in total. The molecule has 0 aliphatic carbocycles. The van der Waals surface area contributed by atoms with Gasteiger partial charge in [0.1, 0.15) is 5.56 Å². The minimum atomic E-state index is -4.64. The predicted molar refractivity (Wildman–Crippen MR) is 127 cm³/mol. The number of hydrogen-bond acceptors (Lipinski definition) is 6. The van der Waals surface area contributed by atoms with Crippen LogP contribution in [0.15, 0.2) is 29.0 Å². The van der Waals surface area contributed by atoms with Gasteiger partial charge in [0.05, 0.1) is 27.5 Å². The van der Waals surface area contributed by atoms with Crippen molar-refractivity contribution in [1.82, 2.24) is 20.3 Å². The normalized spacial score (nSPS) is 16.6. The summed E-state index contributed by atoms with van der Waals surface area (Å²) in [7, 11) is 0. The third kappa shape index (κ3) is 5.27. The first-order valence-electron chi connectivity index (χ1n) is 10.8. The van der Waals surface area contributed by atoms with Crippen LogP contribution < -0.4 is 16.0 Å². The van der Waals surface area contributed by atoms with E-state index in [1.165, 1.54) is 6.20 Å². The van der Waals surface area contributed by atoms with Crippen molar-refractivity contribution in [3.8, 4) is 11.3 Å². The Morgan fingerprint density at radius 1 is 1.32 bits per heavy atom. The Morgan fingerprint density at radius 2 is 2.12 bits per heavy atom. The molecule has 1 saturated heterocycles. The zero-order valence-electron chi connectivity index (χ0n) is 18.5. The van der Waals surface area contributed by atoms with Gasteiger partial charge in [-0.3, -0.25) is 5.32 Å². The van der Waals surface area contributed by atoms with Gasteiger partial charge in [-0.15, -0.1) is 0 Å². The number of alkyl halides is 3. The van der Waals surface area contributed by atoms with Crippen molar-refractivity contribution >= 4 is 44.6 Å². The van der Waals surface area contributed by atoms with Gasteiger partial charge < -0.3 is 20.4 Å². The molecule has 1 aliphatic rings. The first-order valence-corrected chi connectivity index (χ1v) is 11.6. The maximum Gasteiger partial charge on any atom is 0.419 e. The number of benzene rings is 1. The average Bonchev–Trinajstić information content (AvgIpc) is 3.20. The van der Waals surface area contributed by atoms with Crippen LogP contribution in [0.1, 0.15) is 32.3 Å². The van der Waals surface area contributed by atoms with Gasteiger partial charge in [-0.05, 0) is 55.2 Å². The van der Waals surface area contributed by atoms with Crippen molar-refractivity contribution in [2.45, 2.75) is 45.0 Å². The summed E-state index contributed by atoms with van der Waals surface area (Å²) in [4.78, 5) is 23.2. The number of fused-ring (bicyclic) bond motifs is 1. The Hall–Kier alpha value is -2.86. The number of hydrogen-bond donors (Lipinski definition) is 4. The highest BCUT2D eigenvalue weighted by Gasteiger charge is 2.36. The molecule has 0 saturated carbocycles. The fraction of sp³-hybridized carbons (Fsp3) is 0.409. The molecule has 182 valence electrons. The highest BCUT2D eigenvalue weighted by molar-refractivity contribution is 9.10. The summed E-state index contributed by atoms with van der Waals surface area (Å²) in [5, 5.41) is 9.51. The number of aromatic nitrogens is 3. The lowest BCUT2D eigenvalue weighted by molar-refractivity contribution is -0.137. The van der Waals surface area contributed by atoms with E-state index in [1.54, 1.807) is 26.0 Å². The number of piperidine rings is 1. The Kier molecular flexibility index (Phi) is 6.99. The molecule has 34 heavy (non-hydrogen) atoms. The number of carbonyl (C=O) groups excluding carboxylic acids is 1. The molecule has 1 amide bonds. The zero-order chi connectivity index (χ0) is 24.5. The second kappa shape index (κ2) is 9.79. The molecule has 4 N–H and O–H groups in total. The quantitative estimate of drug-likeness (QED) is 0.339. The van der Waals surface area contributed by atoms with Crippen LogP contribution in [-0.2, 0) is 10.9 Å². The third-order valence-corrected chi connectivity index (χ3v) is 6.18. The largest absolute Gasteiger partial charge is 0.447 e. The molecule has 1 aliphatic heterocycles. The van der Waals surface area contributed by atoms with Crippen LogP contribution >= 0.6 is 15.9 Å². The lowest BCUT2D eigenvalue weighted by atomic mass is 10.1. The van der Waals surface area contributed by atoms with Crippen LogP contribution in [0.4, 0.5) is 29.6 Å². The van der Waals surface area contributed by atoms with E-state index in [0.29, 0.717) is 27.6 Å². The molecule has 3 aromatic rings. The highest BCUT2D eigenvalue weighted by Crippen LogP contribution is 2.41. The molecule has 2 aromatic heterocycles. The molecule has 4 rings (SSSR count). The highest BCUT2D eigenvalue weighted by atomic mass is 79.9. The lowest BCUT2D eigenvalue weighted by Gasteiger charge is -2.24. The van der Waals surface area contributed by atoms with Crippen LogP contribution in [0.25, 0.3) is 22.2 Å². The number of nitrogens with zero attached hydrogens (tertiary/aromatic N) is 2. The van der Waals surface area contributed by atoms with Gasteiger partial charge in [0, 0.05) is 35.9 Å². The Balaban J connectivity index is 1.72. The van der Waals surface area contributed by atoms with Gasteiger partial charge in [0.15, 0.2) is 0 Å². The fourth-order valence-electron chi connectivity index (χ4n) is 3.83. The van der Waals surface area contributed by atoms with E-state index >= 15 is 0 Å². The number of amides is 1. The number of anilines is 2. The van der Waals surface area contributed by atoms with Gasteiger partial charge >= 0.3 is 12.3 Å².